The van der Waals surface area contributed by atoms with Crippen LogP contribution in [0.5, 0.6) is 0 Å². The predicted octanol–water partition coefficient (Wildman–Crippen LogP) is 4.07. The fourth-order valence-corrected chi connectivity index (χ4v) is 3.83. The number of anilines is 2. The second kappa shape index (κ2) is 7.63. The first-order valence-corrected chi connectivity index (χ1v) is 9.88. The molecule has 1 N–H and O–H groups in total. The molecular weight excluding hydrogens is 360 g/mol. The lowest BCUT2D eigenvalue weighted by Gasteiger charge is -2.18. The smallest absolute Gasteiger partial charge is 0.261 e. The van der Waals surface area contributed by atoms with Crippen LogP contribution in [0.4, 0.5) is 11.4 Å². The highest BCUT2D eigenvalue weighted by Crippen LogP contribution is 2.22. The normalized spacial score (nSPS) is 11.0. The van der Waals surface area contributed by atoms with E-state index in [1.165, 1.54) is 12.1 Å². The number of carbonyl (C=O) groups is 1. The van der Waals surface area contributed by atoms with Crippen molar-refractivity contribution < 1.29 is 13.2 Å². The summed E-state index contributed by atoms with van der Waals surface area (Å²) in [5.41, 5.74) is 2.38. The lowest BCUT2D eigenvalue weighted by Crippen LogP contribution is -2.26. The molecule has 0 bridgehead atoms. The van der Waals surface area contributed by atoms with Crippen LogP contribution in [0.3, 0.4) is 0 Å². The molecule has 0 radical (unpaired) electrons. The Morgan fingerprint density at radius 3 is 2.07 bits per heavy atom. The Labute approximate surface area is 159 Å². The Morgan fingerprint density at radius 2 is 1.48 bits per heavy atom. The topological polar surface area (TPSA) is 66.5 Å². The highest BCUT2D eigenvalue weighted by atomic mass is 32.2. The van der Waals surface area contributed by atoms with Crippen LogP contribution in [0.25, 0.3) is 0 Å². The predicted molar refractivity (Wildman–Crippen MR) is 108 cm³/mol. The zero-order valence-electron chi connectivity index (χ0n) is 15.1. The summed E-state index contributed by atoms with van der Waals surface area (Å²) in [4.78, 5) is 14.4. The third kappa shape index (κ3) is 4.17. The standard InChI is InChI=1S/C21H20N2O3S/c1-16-15-17(21(24)23(2)18-9-5-3-6-10-18)13-14-20(16)22-27(25,26)19-11-7-4-8-12-19/h3-15,22H,1-2H3. The van der Waals surface area contributed by atoms with Crippen molar-refractivity contribution in [2.45, 2.75) is 11.8 Å². The minimum Gasteiger partial charge on any atom is -0.311 e. The second-order valence-electron chi connectivity index (χ2n) is 6.15. The molecule has 0 saturated carbocycles. The fourth-order valence-electron chi connectivity index (χ4n) is 2.68. The summed E-state index contributed by atoms with van der Waals surface area (Å²) in [6, 6.07) is 22.4. The molecule has 0 saturated heterocycles. The molecule has 3 rings (SSSR count). The van der Waals surface area contributed by atoms with Crippen LogP contribution in [-0.2, 0) is 10.0 Å². The molecule has 0 aromatic heterocycles. The van der Waals surface area contributed by atoms with Crippen LogP contribution in [0.15, 0.2) is 83.8 Å². The van der Waals surface area contributed by atoms with Gasteiger partial charge in [-0.05, 0) is 55.0 Å². The first-order valence-electron chi connectivity index (χ1n) is 8.40. The minimum absolute atomic E-state index is 0.165. The quantitative estimate of drug-likeness (QED) is 0.725. The zero-order valence-corrected chi connectivity index (χ0v) is 15.9. The molecule has 0 unspecified atom stereocenters. The number of amides is 1. The molecule has 3 aromatic carbocycles. The second-order valence-corrected chi connectivity index (χ2v) is 7.83. The average molecular weight is 380 g/mol. The number of nitrogens with one attached hydrogen (secondary N) is 1. The molecule has 0 atom stereocenters. The fraction of sp³-hybridized carbons (Fsp3) is 0.0952. The highest BCUT2D eigenvalue weighted by Gasteiger charge is 2.17. The Morgan fingerprint density at radius 1 is 0.889 bits per heavy atom. The van der Waals surface area contributed by atoms with Gasteiger partial charge in [0.2, 0.25) is 0 Å². The van der Waals surface area contributed by atoms with E-state index in [9.17, 15) is 13.2 Å². The van der Waals surface area contributed by atoms with Gasteiger partial charge in [-0.15, -0.1) is 0 Å². The Balaban J connectivity index is 1.83. The van der Waals surface area contributed by atoms with Crippen molar-refractivity contribution in [3.63, 3.8) is 0 Å². The number of hydrogen-bond donors (Lipinski definition) is 1. The number of nitrogens with zero attached hydrogens (tertiary/aromatic N) is 1. The molecule has 138 valence electrons. The number of sulfonamides is 1. The van der Waals surface area contributed by atoms with Crippen LogP contribution >= 0.6 is 0 Å². The molecule has 6 heteroatoms. The summed E-state index contributed by atoms with van der Waals surface area (Å²) in [6.07, 6.45) is 0. The molecule has 0 aliphatic heterocycles. The van der Waals surface area contributed by atoms with E-state index < -0.39 is 10.0 Å². The summed E-state index contributed by atoms with van der Waals surface area (Å²) in [5, 5.41) is 0. The number of benzene rings is 3. The van der Waals surface area contributed by atoms with Crippen LogP contribution in [0.1, 0.15) is 15.9 Å². The molecule has 5 nitrogen and oxygen atoms in total. The van der Waals surface area contributed by atoms with Gasteiger partial charge in [-0.2, -0.15) is 0 Å². The molecule has 1 amide bonds. The van der Waals surface area contributed by atoms with Crippen molar-refractivity contribution in [1.29, 1.82) is 0 Å². The number of hydrogen-bond acceptors (Lipinski definition) is 3. The van der Waals surface area contributed by atoms with Gasteiger partial charge in [0.15, 0.2) is 0 Å². The summed E-state index contributed by atoms with van der Waals surface area (Å²) in [5.74, 6) is -0.165. The van der Waals surface area contributed by atoms with Gasteiger partial charge in [0.1, 0.15) is 0 Å². The monoisotopic (exact) mass is 380 g/mol. The van der Waals surface area contributed by atoms with Gasteiger partial charge in [-0.3, -0.25) is 9.52 Å². The van der Waals surface area contributed by atoms with Crippen molar-refractivity contribution in [3.8, 4) is 0 Å². The van der Waals surface area contributed by atoms with Crippen molar-refractivity contribution in [2.75, 3.05) is 16.7 Å². The van der Waals surface area contributed by atoms with Crippen LogP contribution in [0, 0.1) is 6.92 Å². The van der Waals surface area contributed by atoms with Crippen LogP contribution < -0.4 is 9.62 Å². The van der Waals surface area contributed by atoms with Crippen molar-refractivity contribution in [2.24, 2.45) is 0 Å². The van der Waals surface area contributed by atoms with Crippen molar-refractivity contribution >= 4 is 27.3 Å². The highest BCUT2D eigenvalue weighted by molar-refractivity contribution is 7.92. The van der Waals surface area contributed by atoms with E-state index in [0.717, 1.165) is 5.69 Å². The van der Waals surface area contributed by atoms with E-state index >= 15 is 0 Å². The van der Waals surface area contributed by atoms with E-state index in [2.05, 4.69) is 4.72 Å². The maximum Gasteiger partial charge on any atom is 0.261 e. The van der Waals surface area contributed by atoms with E-state index in [-0.39, 0.29) is 10.8 Å². The zero-order chi connectivity index (χ0) is 19.4. The van der Waals surface area contributed by atoms with E-state index in [4.69, 9.17) is 0 Å². The van der Waals surface area contributed by atoms with E-state index in [1.807, 2.05) is 30.3 Å². The average Bonchev–Trinajstić information content (AvgIpc) is 2.69. The van der Waals surface area contributed by atoms with E-state index in [1.54, 1.807) is 55.3 Å². The van der Waals surface area contributed by atoms with Gasteiger partial charge in [-0.25, -0.2) is 8.42 Å². The van der Waals surface area contributed by atoms with Crippen molar-refractivity contribution in [1.82, 2.24) is 0 Å². The SMILES string of the molecule is Cc1cc(C(=O)N(C)c2ccccc2)ccc1NS(=O)(=O)c1ccccc1. The maximum atomic E-state index is 12.7. The lowest BCUT2D eigenvalue weighted by atomic mass is 10.1. The lowest BCUT2D eigenvalue weighted by molar-refractivity contribution is 0.0993. The van der Waals surface area contributed by atoms with Gasteiger partial charge in [-0.1, -0.05) is 36.4 Å². The van der Waals surface area contributed by atoms with Gasteiger partial charge in [0.25, 0.3) is 15.9 Å². The third-order valence-electron chi connectivity index (χ3n) is 4.22. The Kier molecular flexibility index (Phi) is 5.28. The summed E-state index contributed by atoms with van der Waals surface area (Å²) < 4.78 is 27.5. The summed E-state index contributed by atoms with van der Waals surface area (Å²) in [7, 11) is -1.97. The molecular formula is C21H20N2O3S. The summed E-state index contributed by atoms with van der Waals surface area (Å²) in [6.45, 7) is 1.77. The molecule has 0 fully saturated rings. The maximum absolute atomic E-state index is 12.7. The van der Waals surface area contributed by atoms with Gasteiger partial charge < -0.3 is 4.90 Å². The van der Waals surface area contributed by atoms with E-state index in [0.29, 0.717) is 16.8 Å². The number of rotatable bonds is 5. The Bertz CT molecular complexity index is 1050. The number of carbonyl (C=O) groups excluding carboxylic acids is 1. The number of aryl methyl sites for hydroxylation is 1. The third-order valence-corrected chi connectivity index (χ3v) is 5.60. The molecule has 0 spiro atoms. The van der Waals surface area contributed by atoms with Crippen molar-refractivity contribution in [3.05, 3.63) is 90.0 Å². The first kappa shape index (κ1) is 18.7. The molecule has 0 heterocycles. The molecule has 27 heavy (non-hydrogen) atoms. The van der Waals surface area contributed by atoms with Crippen LogP contribution in [0.2, 0.25) is 0 Å². The molecule has 0 aliphatic carbocycles. The number of para-hydroxylation sites is 1. The molecule has 3 aromatic rings. The first-order chi connectivity index (χ1) is 12.9. The summed E-state index contributed by atoms with van der Waals surface area (Å²) >= 11 is 0. The van der Waals surface area contributed by atoms with Gasteiger partial charge in [0.05, 0.1) is 10.6 Å². The van der Waals surface area contributed by atoms with Gasteiger partial charge >= 0.3 is 0 Å². The minimum atomic E-state index is -3.67. The Hall–Kier alpha value is -3.12. The van der Waals surface area contributed by atoms with Gasteiger partial charge in [0, 0.05) is 18.3 Å². The largest absolute Gasteiger partial charge is 0.311 e. The molecule has 0 aliphatic rings. The van der Waals surface area contributed by atoms with Crippen LogP contribution in [-0.4, -0.2) is 21.4 Å².